The summed E-state index contributed by atoms with van der Waals surface area (Å²) >= 11 is 0. The van der Waals surface area contributed by atoms with Gasteiger partial charge in [0.2, 0.25) is 6.29 Å². The fourth-order valence-electron chi connectivity index (χ4n) is 2.28. The van der Waals surface area contributed by atoms with Crippen LogP contribution in [0.25, 0.3) is 0 Å². The number of ether oxygens (including phenoxy) is 3. The van der Waals surface area contributed by atoms with Crippen LogP contribution in [0.5, 0.6) is 11.5 Å². The third-order valence-electron chi connectivity index (χ3n) is 3.14. The Morgan fingerprint density at radius 3 is 2.63 bits per heavy atom. The van der Waals surface area contributed by atoms with E-state index in [1.807, 2.05) is 0 Å². The summed E-state index contributed by atoms with van der Waals surface area (Å²) in [5.41, 5.74) is 1.17. The minimum atomic E-state index is -0.921. The summed E-state index contributed by atoms with van der Waals surface area (Å²) in [4.78, 5) is 11.9. The van der Waals surface area contributed by atoms with E-state index in [-0.39, 0.29) is 22.6 Å². The van der Waals surface area contributed by atoms with Crippen LogP contribution in [-0.4, -0.2) is 29.9 Å². The van der Waals surface area contributed by atoms with Gasteiger partial charge in [0, 0.05) is 23.3 Å². The Morgan fingerprint density at radius 2 is 2.11 bits per heavy atom. The molecule has 2 N–H and O–H groups in total. The maximum absolute atomic E-state index is 11.9. The second-order valence-electron chi connectivity index (χ2n) is 4.12. The van der Waals surface area contributed by atoms with E-state index in [2.05, 4.69) is 0 Å². The highest BCUT2D eigenvalue weighted by molar-refractivity contribution is 5.98. The Labute approximate surface area is 110 Å². The maximum Gasteiger partial charge on any atom is 0.345 e. The summed E-state index contributed by atoms with van der Waals surface area (Å²) in [6.07, 6.45) is -0.921. The molecule has 19 heavy (non-hydrogen) atoms. The number of esters is 1. The van der Waals surface area contributed by atoms with E-state index < -0.39 is 18.9 Å². The SMILES string of the molecule is CCOC1OC(=O)c2c(OC)c(C)c(O)c(CO)c21. The smallest absolute Gasteiger partial charge is 0.345 e. The number of fused-ring (bicyclic) bond motifs is 1. The molecule has 0 spiro atoms. The molecular formula is C13H16O6. The number of rotatable bonds is 4. The van der Waals surface area contributed by atoms with Crippen LogP contribution < -0.4 is 4.74 Å². The molecule has 1 aromatic carbocycles. The predicted octanol–water partition coefficient (Wildman–Crippen LogP) is 1.41. The zero-order chi connectivity index (χ0) is 14.2. The summed E-state index contributed by atoms with van der Waals surface area (Å²) in [6, 6.07) is 0. The fraction of sp³-hybridized carbons (Fsp3) is 0.462. The van der Waals surface area contributed by atoms with Crippen molar-refractivity contribution in [3.63, 3.8) is 0 Å². The molecule has 0 fully saturated rings. The van der Waals surface area contributed by atoms with Crippen molar-refractivity contribution in [2.45, 2.75) is 26.7 Å². The van der Waals surface area contributed by atoms with E-state index in [4.69, 9.17) is 14.2 Å². The van der Waals surface area contributed by atoms with Gasteiger partial charge in [0.25, 0.3) is 0 Å². The average molecular weight is 268 g/mol. The Bertz CT molecular complexity index is 523. The minimum absolute atomic E-state index is 0.110. The Balaban J connectivity index is 2.74. The van der Waals surface area contributed by atoms with Crippen molar-refractivity contribution in [1.82, 2.24) is 0 Å². The predicted molar refractivity (Wildman–Crippen MR) is 65.1 cm³/mol. The van der Waals surface area contributed by atoms with Crippen molar-refractivity contribution in [3.05, 3.63) is 22.3 Å². The quantitative estimate of drug-likeness (QED) is 0.803. The molecule has 1 aliphatic rings. The van der Waals surface area contributed by atoms with Gasteiger partial charge in [0.05, 0.1) is 13.7 Å². The zero-order valence-electron chi connectivity index (χ0n) is 11.0. The molecule has 1 aromatic rings. The summed E-state index contributed by atoms with van der Waals surface area (Å²) in [5.74, 6) is -0.443. The zero-order valence-corrected chi connectivity index (χ0v) is 11.0. The Morgan fingerprint density at radius 1 is 1.42 bits per heavy atom. The molecule has 1 atom stereocenters. The van der Waals surface area contributed by atoms with Crippen molar-refractivity contribution in [2.75, 3.05) is 13.7 Å². The largest absolute Gasteiger partial charge is 0.507 e. The molecule has 0 saturated carbocycles. The van der Waals surface area contributed by atoms with Crippen molar-refractivity contribution in [3.8, 4) is 11.5 Å². The molecule has 1 aliphatic heterocycles. The minimum Gasteiger partial charge on any atom is -0.507 e. The molecule has 0 aliphatic carbocycles. The molecule has 6 nitrogen and oxygen atoms in total. The number of hydrogen-bond acceptors (Lipinski definition) is 6. The van der Waals surface area contributed by atoms with Gasteiger partial charge >= 0.3 is 5.97 Å². The fourth-order valence-corrected chi connectivity index (χ4v) is 2.28. The molecule has 0 saturated heterocycles. The molecule has 0 radical (unpaired) electrons. The molecule has 2 rings (SSSR count). The van der Waals surface area contributed by atoms with E-state index >= 15 is 0 Å². The van der Waals surface area contributed by atoms with E-state index in [0.717, 1.165) is 0 Å². The van der Waals surface area contributed by atoms with Crippen LogP contribution in [0.15, 0.2) is 0 Å². The first kappa shape index (κ1) is 13.6. The van der Waals surface area contributed by atoms with Gasteiger partial charge in [-0.1, -0.05) is 0 Å². The standard InChI is InChI=1S/C13H16O6/c1-4-18-13-8-7(5-14)10(15)6(2)11(17-3)9(8)12(16)19-13/h13-15H,4-5H2,1-3H3. The molecule has 1 heterocycles. The maximum atomic E-state index is 11.9. The average Bonchev–Trinajstić information content (AvgIpc) is 2.69. The summed E-state index contributed by atoms with van der Waals surface area (Å²) in [5, 5.41) is 19.5. The van der Waals surface area contributed by atoms with Crippen LogP contribution in [0.2, 0.25) is 0 Å². The Kier molecular flexibility index (Phi) is 3.64. The lowest BCUT2D eigenvalue weighted by molar-refractivity contribution is -0.100. The van der Waals surface area contributed by atoms with Crippen LogP contribution in [0.3, 0.4) is 0 Å². The highest BCUT2D eigenvalue weighted by Crippen LogP contribution is 2.46. The van der Waals surface area contributed by atoms with Crippen LogP contribution in [0.4, 0.5) is 0 Å². The van der Waals surface area contributed by atoms with Crippen molar-refractivity contribution >= 4 is 5.97 Å². The first-order valence-corrected chi connectivity index (χ1v) is 5.92. The first-order chi connectivity index (χ1) is 9.06. The number of carbonyl (C=O) groups excluding carboxylic acids is 1. The monoisotopic (exact) mass is 268 g/mol. The molecule has 1 unspecified atom stereocenters. The second kappa shape index (κ2) is 5.07. The van der Waals surface area contributed by atoms with Crippen molar-refractivity contribution in [2.24, 2.45) is 0 Å². The van der Waals surface area contributed by atoms with Gasteiger partial charge in [0.1, 0.15) is 17.1 Å². The van der Waals surface area contributed by atoms with Crippen molar-refractivity contribution < 1.29 is 29.2 Å². The van der Waals surface area contributed by atoms with Crippen molar-refractivity contribution in [1.29, 1.82) is 0 Å². The van der Waals surface area contributed by atoms with Gasteiger partial charge in [-0.25, -0.2) is 4.79 Å². The number of hydrogen-bond donors (Lipinski definition) is 2. The van der Waals surface area contributed by atoms with Gasteiger partial charge in [-0.2, -0.15) is 0 Å². The highest BCUT2D eigenvalue weighted by atomic mass is 16.7. The molecule has 0 amide bonds. The number of cyclic esters (lactones) is 1. The van der Waals surface area contributed by atoms with Gasteiger partial charge in [-0.15, -0.1) is 0 Å². The number of methoxy groups -OCH3 is 1. The number of aliphatic hydroxyl groups is 1. The van der Waals surface area contributed by atoms with E-state index in [0.29, 0.717) is 17.7 Å². The first-order valence-electron chi connectivity index (χ1n) is 5.92. The Hall–Kier alpha value is -1.79. The summed E-state index contributed by atoms with van der Waals surface area (Å²) < 4.78 is 15.6. The number of carbonyl (C=O) groups is 1. The van der Waals surface area contributed by atoms with Gasteiger partial charge in [-0.3, -0.25) is 0 Å². The normalized spacial score (nSPS) is 17.3. The van der Waals surface area contributed by atoms with Crippen LogP contribution in [0, 0.1) is 6.92 Å². The number of phenols is 1. The third-order valence-corrected chi connectivity index (χ3v) is 3.14. The number of aromatic hydroxyl groups is 1. The molecule has 0 bridgehead atoms. The lowest BCUT2D eigenvalue weighted by Crippen LogP contribution is -2.07. The molecule has 104 valence electrons. The lowest BCUT2D eigenvalue weighted by Gasteiger charge is -2.17. The van der Waals surface area contributed by atoms with Gasteiger partial charge in [-0.05, 0) is 13.8 Å². The molecule has 0 aromatic heterocycles. The highest BCUT2D eigenvalue weighted by Gasteiger charge is 2.39. The topological polar surface area (TPSA) is 85.2 Å². The van der Waals surface area contributed by atoms with Gasteiger partial charge < -0.3 is 24.4 Å². The van der Waals surface area contributed by atoms with Crippen LogP contribution in [0.1, 0.15) is 40.3 Å². The van der Waals surface area contributed by atoms with E-state index in [1.165, 1.54) is 7.11 Å². The second-order valence-corrected chi connectivity index (χ2v) is 4.12. The van der Waals surface area contributed by atoms with E-state index in [1.54, 1.807) is 13.8 Å². The summed E-state index contributed by atoms with van der Waals surface area (Å²) in [7, 11) is 1.40. The lowest BCUT2D eigenvalue weighted by atomic mass is 9.96. The molecule has 6 heteroatoms. The van der Waals surface area contributed by atoms with Crippen LogP contribution >= 0.6 is 0 Å². The van der Waals surface area contributed by atoms with Crippen LogP contribution in [-0.2, 0) is 16.1 Å². The third kappa shape index (κ3) is 1.93. The van der Waals surface area contributed by atoms with E-state index in [9.17, 15) is 15.0 Å². The number of benzene rings is 1. The molecular weight excluding hydrogens is 252 g/mol. The summed E-state index contributed by atoms with van der Waals surface area (Å²) in [6.45, 7) is 3.28. The number of aliphatic hydroxyl groups excluding tert-OH is 1. The van der Waals surface area contributed by atoms with Gasteiger partial charge in [0.15, 0.2) is 0 Å².